The summed E-state index contributed by atoms with van der Waals surface area (Å²) in [5.74, 6) is -2.10. The van der Waals surface area contributed by atoms with Gasteiger partial charge in [0, 0.05) is 37.6 Å². The minimum Gasteiger partial charge on any atom is -0.508 e. The molecule has 0 saturated carbocycles. The molecule has 16 heteroatoms. The molecule has 2 fully saturated rings. The predicted molar refractivity (Wildman–Crippen MR) is 156 cm³/mol. The lowest BCUT2D eigenvalue weighted by molar-refractivity contribution is -0.320. The molecule has 2 aliphatic heterocycles. The number of rotatable bonds is 8. The molecule has 3 aromatic rings. The van der Waals surface area contributed by atoms with Crippen molar-refractivity contribution >= 4 is 22.9 Å². The fourth-order valence-electron chi connectivity index (χ4n) is 5.32. The maximum absolute atomic E-state index is 12.8. The topological polar surface area (TPSA) is 241 Å². The largest absolute Gasteiger partial charge is 0.508 e. The van der Waals surface area contributed by atoms with E-state index in [-0.39, 0.29) is 28.2 Å². The molecule has 2 aliphatic rings. The Bertz CT molecular complexity index is 1650. The van der Waals surface area contributed by atoms with Crippen molar-refractivity contribution in [1.29, 1.82) is 0 Å². The number of hydrogen-bond donors (Lipinski definition) is 6. The van der Waals surface area contributed by atoms with Gasteiger partial charge in [-0.05, 0) is 31.2 Å². The Morgan fingerprint density at radius 3 is 2.13 bits per heavy atom. The summed E-state index contributed by atoms with van der Waals surface area (Å²) >= 11 is 0. The Balaban J connectivity index is 1.35. The van der Waals surface area contributed by atoms with Crippen molar-refractivity contribution in [3.8, 4) is 28.6 Å². The molecule has 3 heterocycles. The number of benzene rings is 2. The molecule has 16 nitrogen and oxygen atoms in total. The molecule has 2 aromatic carbocycles. The number of carbonyl (C=O) groups is 2. The van der Waals surface area contributed by atoms with Crippen LogP contribution in [0.5, 0.6) is 17.2 Å². The van der Waals surface area contributed by atoms with Crippen molar-refractivity contribution in [1.82, 2.24) is 0 Å². The van der Waals surface area contributed by atoms with Crippen molar-refractivity contribution in [3.63, 3.8) is 0 Å². The molecule has 0 unspecified atom stereocenters. The van der Waals surface area contributed by atoms with Crippen LogP contribution in [0, 0.1) is 0 Å². The summed E-state index contributed by atoms with van der Waals surface area (Å²) < 4.78 is 39.0. The number of aromatic hydroxyl groups is 2. The first kappa shape index (κ1) is 34.1. The second-order valence-corrected chi connectivity index (χ2v) is 11.2. The van der Waals surface area contributed by atoms with Crippen LogP contribution in [-0.2, 0) is 33.3 Å². The van der Waals surface area contributed by atoms with Gasteiger partial charge in [-0.1, -0.05) is 0 Å². The number of phenolic OH excluding ortho intramolecular Hbond substituents is 2. The van der Waals surface area contributed by atoms with E-state index in [1.54, 1.807) is 0 Å². The van der Waals surface area contributed by atoms with Gasteiger partial charge in [-0.15, -0.1) is 0 Å². The molecule has 0 amide bonds. The van der Waals surface area contributed by atoms with Crippen LogP contribution in [0.2, 0.25) is 0 Å². The lowest BCUT2D eigenvalue weighted by atomic mass is 9.98. The number of esters is 2. The Hall–Kier alpha value is -4.29. The molecular weight excluding hydrogens is 628 g/mol. The second kappa shape index (κ2) is 13.8. The van der Waals surface area contributed by atoms with Crippen LogP contribution >= 0.6 is 0 Å². The third kappa shape index (κ3) is 7.33. The van der Waals surface area contributed by atoms with Gasteiger partial charge in [-0.2, -0.15) is 0 Å². The van der Waals surface area contributed by atoms with E-state index in [1.165, 1.54) is 43.3 Å². The summed E-state index contributed by atoms with van der Waals surface area (Å²) in [6.45, 7) is 3.11. The Labute approximate surface area is 266 Å². The molecule has 0 radical (unpaired) electrons. The fraction of sp³-hybridized carbons (Fsp3) is 0.452. The molecule has 0 bridgehead atoms. The van der Waals surface area contributed by atoms with Crippen LogP contribution in [0.25, 0.3) is 22.3 Å². The van der Waals surface area contributed by atoms with Crippen molar-refractivity contribution in [2.24, 2.45) is 0 Å². The number of fused-ring (bicyclic) bond motifs is 1. The van der Waals surface area contributed by atoms with Crippen LogP contribution in [0.1, 0.15) is 20.8 Å². The summed E-state index contributed by atoms with van der Waals surface area (Å²) in [4.78, 5) is 36.3. The third-order valence-corrected chi connectivity index (χ3v) is 7.64. The van der Waals surface area contributed by atoms with E-state index in [2.05, 4.69) is 0 Å². The summed E-state index contributed by atoms with van der Waals surface area (Å²) in [7, 11) is 0. The SMILES string of the molecule is CC(=O)O[C@H]1[C@@H](OC[C@H]2O[C@H](Oc3cc(O)c4c(=O)cc(-c5ccc(O)cc5)oc4c3)[C@@H](O)[C@H](O)[C@@H]2O)O[C@H](C)[C@@H](O)[C@@H]1OC(C)=O. The van der Waals surface area contributed by atoms with Crippen molar-refractivity contribution in [2.45, 2.75) is 82.2 Å². The highest BCUT2D eigenvalue weighted by Crippen LogP contribution is 2.34. The fourth-order valence-corrected chi connectivity index (χ4v) is 5.32. The second-order valence-electron chi connectivity index (χ2n) is 11.2. The molecule has 47 heavy (non-hydrogen) atoms. The van der Waals surface area contributed by atoms with Gasteiger partial charge < -0.3 is 63.5 Å². The molecule has 5 rings (SSSR count). The first-order valence-electron chi connectivity index (χ1n) is 14.5. The van der Waals surface area contributed by atoms with E-state index in [9.17, 15) is 45.0 Å². The number of aliphatic hydroxyl groups excluding tert-OH is 4. The predicted octanol–water partition coefficient (Wildman–Crippen LogP) is 0.0433. The minimum absolute atomic E-state index is 0.00213. The Kier molecular flexibility index (Phi) is 10.0. The average Bonchev–Trinajstić information content (AvgIpc) is 3.00. The minimum atomic E-state index is -1.82. The van der Waals surface area contributed by atoms with E-state index in [0.29, 0.717) is 5.56 Å². The molecule has 1 aromatic heterocycles. The smallest absolute Gasteiger partial charge is 0.303 e. The monoisotopic (exact) mass is 662 g/mol. The third-order valence-electron chi connectivity index (χ3n) is 7.64. The van der Waals surface area contributed by atoms with Crippen molar-refractivity contribution < 1.29 is 73.1 Å². The molecule has 6 N–H and O–H groups in total. The first-order chi connectivity index (χ1) is 22.2. The van der Waals surface area contributed by atoms with Crippen molar-refractivity contribution in [2.75, 3.05) is 6.61 Å². The zero-order valence-corrected chi connectivity index (χ0v) is 25.3. The zero-order chi connectivity index (χ0) is 34.2. The summed E-state index contributed by atoms with van der Waals surface area (Å²) in [5, 5.41) is 62.5. The van der Waals surface area contributed by atoms with Gasteiger partial charge in [0.05, 0.1) is 12.7 Å². The van der Waals surface area contributed by atoms with Gasteiger partial charge in [0.25, 0.3) is 0 Å². The standard InChI is InChI=1S/C31H34O16/c1-12-24(37)28(43-13(2)32)29(44-14(3)33)31(42-12)41-11-22-25(38)26(39)27(40)30(47-22)45-17-8-18(35)23-19(36)10-20(46-21(23)9-17)15-4-6-16(34)7-5-15/h4-10,12,22,24-31,34-35,37-40H,11H2,1-3H3/t12-,22-,24-,25-,26-,27+,28+,29-,30+,31+/m1/s1. The van der Waals surface area contributed by atoms with Gasteiger partial charge in [0.15, 0.2) is 23.9 Å². The first-order valence-corrected chi connectivity index (χ1v) is 14.5. The van der Waals surface area contributed by atoms with Gasteiger partial charge in [-0.3, -0.25) is 14.4 Å². The van der Waals surface area contributed by atoms with Crippen LogP contribution in [0.15, 0.2) is 51.7 Å². The molecule has 10 atom stereocenters. The molecule has 0 spiro atoms. The van der Waals surface area contributed by atoms with Gasteiger partial charge in [0.1, 0.15) is 64.5 Å². The lowest BCUT2D eigenvalue weighted by Gasteiger charge is -2.43. The van der Waals surface area contributed by atoms with Crippen LogP contribution in [0.3, 0.4) is 0 Å². The zero-order valence-electron chi connectivity index (χ0n) is 25.3. The molecule has 0 aliphatic carbocycles. The van der Waals surface area contributed by atoms with E-state index in [4.69, 9.17) is 32.8 Å². The maximum atomic E-state index is 12.8. The Morgan fingerprint density at radius 1 is 0.809 bits per heavy atom. The van der Waals surface area contributed by atoms with E-state index in [0.717, 1.165) is 19.9 Å². The quantitative estimate of drug-likeness (QED) is 0.175. The van der Waals surface area contributed by atoms with E-state index >= 15 is 0 Å². The summed E-state index contributed by atoms with van der Waals surface area (Å²) in [5.41, 5.74) is -0.205. The van der Waals surface area contributed by atoms with E-state index < -0.39 is 91.1 Å². The number of aliphatic hydroxyl groups is 4. The van der Waals surface area contributed by atoms with Gasteiger partial charge in [0.2, 0.25) is 6.29 Å². The molecule has 254 valence electrons. The van der Waals surface area contributed by atoms with Crippen LogP contribution in [0.4, 0.5) is 0 Å². The summed E-state index contributed by atoms with van der Waals surface area (Å²) in [6, 6.07) is 9.33. The normalized spacial score (nSPS) is 30.9. The maximum Gasteiger partial charge on any atom is 0.303 e. The number of phenols is 2. The van der Waals surface area contributed by atoms with Gasteiger partial charge >= 0.3 is 11.9 Å². The number of carbonyl (C=O) groups excluding carboxylic acids is 2. The molecule has 2 saturated heterocycles. The highest BCUT2D eigenvalue weighted by atomic mass is 16.7. The highest BCUT2D eigenvalue weighted by Gasteiger charge is 2.50. The Morgan fingerprint density at radius 2 is 1.47 bits per heavy atom. The highest BCUT2D eigenvalue weighted by molar-refractivity contribution is 5.86. The van der Waals surface area contributed by atoms with Crippen molar-refractivity contribution in [3.05, 3.63) is 52.7 Å². The number of ether oxygens (including phenoxy) is 6. The lowest BCUT2D eigenvalue weighted by Crippen LogP contribution is -2.62. The number of hydrogen-bond acceptors (Lipinski definition) is 16. The van der Waals surface area contributed by atoms with E-state index in [1.807, 2.05) is 0 Å². The van der Waals surface area contributed by atoms with Crippen LogP contribution in [-0.4, -0.2) is 111 Å². The van der Waals surface area contributed by atoms with Gasteiger partial charge in [-0.25, -0.2) is 0 Å². The molecular formula is C31H34O16. The average molecular weight is 663 g/mol. The summed E-state index contributed by atoms with van der Waals surface area (Å²) in [6.07, 6.45) is -14.9. The van der Waals surface area contributed by atoms with Crippen LogP contribution < -0.4 is 10.2 Å².